The molecule has 1 heterocycles. The molecule has 1 fully saturated rings. The second-order valence-electron chi connectivity index (χ2n) is 5.39. The number of amides is 2. The minimum atomic E-state index is -0.178. The van der Waals surface area contributed by atoms with Gasteiger partial charge in [0.1, 0.15) is 0 Å². The molecule has 0 aromatic heterocycles. The number of hydrogen-bond acceptors (Lipinski definition) is 3. The summed E-state index contributed by atoms with van der Waals surface area (Å²) in [5, 5.41) is 6.01. The van der Waals surface area contributed by atoms with Gasteiger partial charge in [-0.2, -0.15) is 0 Å². The van der Waals surface area contributed by atoms with Gasteiger partial charge in [0.15, 0.2) is 0 Å². The van der Waals surface area contributed by atoms with Gasteiger partial charge in [-0.15, -0.1) is 12.4 Å². The van der Waals surface area contributed by atoms with Crippen molar-refractivity contribution < 1.29 is 9.59 Å². The van der Waals surface area contributed by atoms with Gasteiger partial charge in [0.2, 0.25) is 11.8 Å². The summed E-state index contributed by atoms with van der Waals surface area (Å²) in [6.45, 7) is 3.58. The number of nitrogens with zero attached hydrogens (tertiary/aromatic N) is 1. The maximum atomic E-state index is 12.1. The average molecular weight is 391 g/mol. The van der Waals surface area contributed by atoms with E-state index in [1.807, 2.05) is 25.1 Å². The van der Waals surface area contributed by atoms with Crippen molar-refractivity contribution in [1.29, 1.82) is 0 Å². The van der Waals surface area contributed by atoms with E-state index >= 15 is 0 Å². The lowest BCUT2D eigenvalue weighted by Gasteiger charge is -2.20. The van der Waals surface area contributed by atoms with Crippen molar-refractivity contribution in [3.63, 3.8) is 0 Å². The van der Waals surface area contributed by atoms with Crippen LogP contribution in [-0.2, 0) is 9.59 Å². The van der Waals surface area contributed by atoms with Crippen LogP contribution in [0, 0.1) is 12.8 Å². The fourth-order valence-electron chi connectivity index (χ4n) is 2.43. The van der Waals surface area contributed by atoms with E-state index in [1.54, 1.807) is 7.05 Å². The first kappa shape index (κ1) is 18.9. The molecule has 1 aliphatic rings. The summed E-state index contributed by atoms with van der Waals surface area (Å²) >= 11 is 3.39. The van der Waals surface area contributed by atoms with Crippen LogP contribution in [0.25, 0.3) is 0 Å². The van der Waals surface area contributed by atoms with E-state index in [1.165, 1.54) is 4.90 Å². The third-order valence-corrected chi connectivity index (χ3v) is 4.12. The number of nitrogens with one attached hydrogen (secondary N) is 2. The van der Waals surface area contributed by atoms with Crippen LogP contribution in [0.15, 0.2) is 22.7 Å². The van der Waals surface area contributed by atoms with Crippen LogP contribution in [0.4, 0.5) is 5.69 Å². The molecule has 2 rings (SSSR count). The van der Waals surface area contributed by atoms with Gasteiger partial charge in [-0.25, -0.2) is 0 Å². The van der Waals surface area contributed by atoms with Crippen molar-refractivity contribution in [1.82, 2.24) is 10.2 Å². The van der Waals surface area contributed by atoms with Gasteiger partial charge >= 0.3 is 0 Å². The van der Waals surface area contributed by atoms with Crippen LogP contribution >= 0.6 is 28.3 Å². The molecule has 0 spiro atoms. The number of benzene rings is 1. The van der Waals surface area contributed by atoms with Gasteiger partial charge in [0, 0.05) is 23.8 Å². The maximum Gasteiger partial charge on any atom is 0.243 e. The Bertz CT molecular complexity index is 548. The first-order valence-corrected chi connectivity index (χ1v) is 7.78. The SMILES string of the molecule is Cc1cc(Br)ccc1NC(=O)CN(C)C(=O)C1CCNC1.Cl. The third-order valence-electron chi connectivity index (χ3n) is 3.63. The number of likely N-dealkylation sites (N-methyl/N-ethyl adjacent to an activating group) is 1. The summed E-state index contributed by atoms with van der Waals surface area (Å²) in [5.74, 6) is -0.151. The lowest BCUT2D eigenvalue weighted by atomic mass is 10.1. The average Bonchev–Trinajstić information content (AvgIpc) is 2.95. The Hall–Kier alpha value is -1.11. The Balaban J connectivity index is 0.00000242. The highest BCUT2D eigenvalue weighted by Crippen LogP contribution is 2.20. The van der Waals surface area contributed by atoms with Gasteiger partial charge < -0.3 is 15.5 Å². The Labute approximate surface area is 145 Å². The molecule has 1 aliphatic heterocycles. The number of halogens is 2. The van der Waals surface area contributed by atoms with Crippen molar-refractivity contribution in [2.75, 3.05) is 32.0 Å². The summed E-state index contributed by atoms with van der Waals surface area (Å²) in [5.41, 5.74) is 1.75. The molecule has 0 aliphatic carbocycles. The maximum absolute atomic E-state index is 12.1. The standard InChI is InChI=1S/C15H20BrN3O2.ClH/c1-10-7-12(16)3-4-13(10)18-14(20)9-19(2)15(21)11-5-6-17-8-11;/h3-4,7,11,17H,5-6,8-9H2,1-2H3,(H,18,20);1H. The van der Waals surface area contributed by atoms with Gasteiger partial charge in [-0.3, -0.25) is 9.59 Å². The molecule has 122 valence electrons. The number of carbonyl (C=O) groups excluding carboxylic acids is 2. The second kappa shape index (κ2) is 8.50. The third kappa shape index (κ3) is 4.97. The zero-order chi connectivity index (χ0) is 15.4. The molecule has 1 atom stereocenters. The molecule has 0 radical (unpaired) electrons. The Kier molecular flexibility index (Phi) is 7.32. The van der Waals surface area contributed by atoms with Crippen molar-refractivity contribution in [3.8, 4) is 0 Å². The minimum Gasteiger partial charge on any atom is -0.336 e. The topological polar surface area (TPSA) is 61.4 Å². The molecule has 0 saturated carbocycles. The molecule has 1 unspecified atom stereocenters. The van der Waals surface area contributed by atoms with E-state index in [-0.39, 0.29) is 36.7 Å². The Morgan fingerprint density at radius 2 is 2.18 bits per heavy atom. The largest absolute Gasteiger partial charge is 0.336 e. The van der Waals surface area contributed by atoms with E-state index in [0.717, 1.165) is 28.7 Å². The zero-order valence-corrected chi connectivity index (χ0v) is 15.1. The van der Waals surface area contributed by atoms with Crippen LogP contribution in [-0.4, -0.2) is 43.4 Å². The number of rotatable bonds is 4. The predicted molar refractivity (Wildman–Crippen MR) is 93.4 cm³/mol. The van der Waals surface area contributed by atoms with Crippen molar-refractivity contribution in [3.05, 3.63) is 28.2 Å². The van der Waals surface area contributed by atoms with Crippen LogP contribution in [0.3, 0.4) is 0 Å². The van der Waals surface area contributed by atoms with E-state index < -0.39 is 0 Å². The fourth-order valence-corrected chi connectivity index (χ4v) is 2.90. The first-order valence-electron chi connectivity index (χ1n) is 6.99. The lowest BCUT2D eigenvalue weighted by Crippen LogP contribution is -2.39. The van der Waals surface area contributed by atoms with Crippen LogP contribution in [0.2, 0.25) is 0 Å². The molecular formula is C15H21BrClN3O2. The fraction of sp³-hybridized carbons (Fsp3) is 0.467. The summed E-state index contributed by atoms with van der Waals surface area (Å²) in [6.07, 6.45) is 0.844. The molecule has 2 amide bonds. The van der Waals surface area contributed by atoms with E-state index in [9.17, 15) is 9.59 Å². The normalized spacial score (nSPS) is 16.8. The molecule has 2 N–H and O–H groups in total. The number of carbonyl (C=O) groups is 2. The van der Waals surface area contributed by atoms with Gasteiger partial charge in [-0.05, 0) is 43.7 Å². The van der Waals surface area contributed by atoms with Crippen molar-refractivity contribution >= 4 is 45.8 Å². The van der Waals surface area contributed by atoms with Crippen LogP contribution in [0.5, 0.6) is 0 Å². The molecule has 5 nitrogen and oxygen atoms in total. The smallest absolute Gasteiger partial charge is 0.243 e. The van der Waals surface area contributed by atoms with E-state index in [2.05, 4.69) is 26.6 Å². The first-order chi connectivity index (χ1) is 9.97. The molecule has 0 bridgehead atoms. The lowest BCUT2D eigenvalue weighted by molar-refractivity contribution is -0.136. The molecular weight excluding hydrogens is 370 g/mol. The highest BCUT2D eigenvalue weighted by atomic mass is 79.9. The molecule has 1 saturated heterocycles. The molecule has 7 heteroatoms. The number of hydrogen-bond donors (Lipinski definition) is 2. The minimum absolute atomic E-state index is 0. The van der Waals surface area contributed by atoms with Crippen LogP contribution in [0.1, 0.15) is 12.0 Å². The Morgan fingerprint density at radius 3 is 2.77 bits per heavy atom. The van der Waals surface area contributed by atoms with Crippen LogP contribution < -0.4 is 10.6 Å². The summed E-state index contributed by atoms with van der Waals surface area (Å²) in [6, 6.07) is 5.66. The molecule has 1 aromatic rings. The summed E-state index contributed by atoms with van der Waals surface area (Å²) in [7, 11) is 1.68. The Morgan fingerprint density at radius 1 is 1.45 bits per heavy atom. The van der Waals surface area contributed by atoms with Gasteiger partial charge in [0.25, 0.3) is 0 Å². The highest BCUT2D eigenvalue weighted by molar-refractivity contribution is 9.10. The monoisotopic (exact) mass is 389 g/mol. The summed E-state index contributed by atoms with van der Waals surface area (Å²) in [4.78, 5) is 25.7. The van der Waals surface area contributed by atoms with E-state index in [0.29, 0.717) is 6.54 Å². The van der Waals surface area contributed by atoms with Crippen molar-refractivity contribution in [2.24, 2.45) is 5.92 Å². The number of aryl methyl sites for hydroxylation is 1. The van der Waals surface area contributed by atoms with Gasteiger partial charge in [0.05, 0.1) is 12.5 Å². The van der Waals surface area contributed by atoms with E-state index in [4.69, 9.17) is 0 Å². The van der Waals surface area contributed by atoms with Crippen molar-refractivity contribution in [2.45, 2.75) is 13.3 Å². The predicted octanol–water partition coefficient (Wildman–Crippen LogP) is 2.19. The van der Waals surface area contributed by atoms with Gasteiger partial charge in [-0.1, -0.05) is 15.9 Å². The molecule has 22 heavy (non-hydrogen) atoms. The molecule has 1 aromatic carbocycles. The highest BCUT2D eigenvalue weighted by Gasteiger charge is 2.26. The zero-order valence-electron chi connectivity index (χ0n) is 12.7. The summed E-state index contributed by atoms with van der Waals surface area (Å²) < 4.78 is 0.971. The quantitative estimate of drug-likeness (QED) is 0.828. The number of anilines is 1. The second-order valence-corrected chi connectivity index (χ2v) is 6.31.